The smallest absolute Gasteiger partial charge is 0.182 e. The van der Waals surface area contributed by atoms with Crippen molar-refractivity contribution in [2.75, 3.05) is 11.1 Å². The van der Waals surface area contributed by atoms with E-state index in [4.69, 9.17) is 4.74 Å². The van der Waals surface area contributed by atoms with Gasteiger partial charge in [-0.05, 0) is 50.1 Å². The monoisotopic (exact) mass is 469 g/mol. The molecule has 0 saturated carbocycles. The second kappa shape index (κ2) is 9.42. The summed E-state index contributed by atoms with van der Waals surface area (Å²) < 4.78 is 33.5. The third kappa shape index (κ3) is 4.71. The molecule has 1 N–H and O–H groups in total. The van der Waals surface area contributed by atoms with Gasteiger partial charge in [0.15, 0.2) is 9.84 Å². The predicted molar refractivity (Wildman–Crippen MR) is 132 cm³/mol. The molecular formula is C24H27N3O3S2. The van der Waals surface area contributed by atoms with Crippen molar-refractivity contribution < 1.29 is 13.2 Å². The number of rotatable bonds is 9. The number of hydrogen-bond acceptors (Lipinski definition) is 7. The standard InChI is InChI=1S/C24H27N3O3S2/c1-4-6-11-32(28,29)24-13-18-19(27-17-7-8-23-21(12-17)26-15-31-23)9-10-25-20(18)14-22(24)30-16(3)5-2/h7-10,12-16H,4-6,11H2,1-3H3,(H,25,27). The summed E-state index contributed by atoms with van der Waals surface area (Å²) >= 11 is 1.59. The Bertz CT molecular complexity index is 1350. The lowest BCUT2D eigenvalue weighted by atomic mass is 10.1. The molecule has 32 heavy (non-hydrogen) atoms. The van der Waals surface area contributed by atoms with Gasteiger partial charge in [-0.15, -0.1) is 11.3 Å². The maximum atomic E-state index is 13.2. The zero-order valence-electron chi connectivity index (χ0n) is 18.5. The van der Waals surface area contributed by atoms with Gasteiger partial charge in [-0.1, -0.05) is 20.3 Å². The van der Waals surface area contributed by atoms with Crippen LogP contribution in [0.15, 0.2) is 53.0 Å². The van der Waals surface area contributed by atoms with Crippen LogP contribution in [-0.4, -0.2) is 30.2 Å². The number of anilines is 2. The lowest BCUT2D eigenvalue weighted by molar-refractivity contribution is 0.212. The van der Waals surface area contributed by atoms with Crippen LogP contribution in [0, 0.1) is 0 Å². The number of aromatic nitrogens is 2. The number of fused-ring (bicyclic) bond motifs is 2. The van der Waals surface area contributed by atoms with Crippen LogP contribution < -0.4 is 10.1 Å². The quantitative estimate of drug-likeness (QED) is 0.308. The zero-order chi connectivity index (χ0) is 22.7. The molecule has 0 aliphatic carbocycles. The topological polar surface area (TPSA) is 81.2 Å². The molecule has 0 amide bonds. The third-order valence-electron chi connectivity index (χ3n) is 5.42. The lowest BCUT2D eigenvalue weighted by Crippen LogP contribution is -2.14. The number of pyridine rings is 1. The van der Waals surface area contributed by atoms with E-state index >= 15 is 0 Å². The van der Waals surface area contributed by atoms with Crippen molar-refractivity contribution in [3.05, 3.63) is 48.1 Å². The Kier molecular flexibility index (Phi) is 6.62. The highest BCUT2D eigenvalue weighted by Gasteiger charge is 2.23. The Balaban J connectivity index is 1.81. The molecule has 0 aliphatic heterocycles. The number of nitrogens with zero attached hydrogens (tertiary/aromatic N) is 2. The van der Waals surface area contributed by atoms with Crippen molar-refractivity contribution >= 4 is 53.7 Å². The third-order valence-corrected chi connectivity index (χ3v) is 8.05. The van der Waals surface area contributed by atoms with Crippen LogP contribution in [0.5, 0.6) is 5.75 Å². The normalized spacial score (nSPS) is 12.8. The molecule has 0 aliphatic rings. The van der Waals surface area contributed by atoms with Gasteiger partial charge >= 0.3 is 0 Å². The summed E-state index contributed by atoms with van der Waals surface area (Å²) in [5.74, 6) is 0.464. The molecular weight excluding hydrogens is 442 g/mol. The first-order chi connectivity index (χ1) is 15.4. The van der Waals surface area contributed by atoms with Crippen LogP contribution in [0.2, 0.25) is 0 Å². The van der Waals surface area contributed by atoms with Crippen LogP contribution >= 0.6 is 11.3 Å². The Hall–Kier alpha value is -2.71. The summed E-state index contributed by atoms with van der Waals surface area (Å²) in [7, 11) is -3.50. The number of sulfone groups is 1. The molecule has 2 aromatic heterocycles. The van der Waals surface area contributed by atoms with Gasteiger partial charge in [-0.3, -0.25) is 4.98 Å². The van der Waals surface area contributed by atoms with Crippen LogP contribution in [0.3, 0.4) is 0 Å². The number of nitrogens with one attached hydrogen (secondary N) is 1. The lowest BCUT2D eigenvalue weighted by Gasteiger charge is -2.18. The first-order valence-electron chi connectivity index (χ1n) is 10.8. The van der Waals surface area contributed by atoms with Gasteiger partial charge in [0.25, 0.3) is 0 Å². The summed E-state index contributed by atoms with van der Waals surface area (Å²) in [4.78, 5) is 9.08. The van der Waals surface area contributed by atoms with Crippen LogP contribution in [0.4, 0.5) is 11.4 Å². The Labute approximate surface area is 192 Å². The highest BCUT2D eigenvalue weighted by molar-refractivity contribution is 7.91. The van der Waals surface area contributed by atoms with Crippen LogP contribution in [0.1, 0.15) is 40.0 Å². The van der Waals surface area contributed by atoms with E-state index in [9.17, 15) is 8.42 Å². The average molecular weight is 470 g/mol. The molecule has 4 aromatic rings. The maximum absolute atomic E-state index is 13.2. The fourth-order valence-electron chi connectivity index (χ4n) is 3.43. The Morgan fingerprint density at radius 2 is 1.94 bits per heavy atom. The van der Waals surface area contributed by atoms with E-state index in [1.165, 1.54) is 0 Å². The molecule has 0 fully saturated rings. The fraction of sp³-hybridized carbons (Fsp3) is 0.333. The van der Waals surface area contributed by atoms with Crippen molar-refractivity contribution in [2.45, 2.75) is 51.0 Å². The highest BCUT2D eigenvalue weighted by Crippen LogP contribution is 2.35. The predicted octanol–water partition coefficient (Wildman–Crippen LogP) is 6.34. The minimum absolute atomic E-state index is 0.0926. The molecule has 0 spiro atoms. The van der Waals surface area contributed by atoms with Gasteiger partial charge in [0, 0.05) is 29.0 Å². The largest absolute Gasteiger partial charge is 0.489 e. The SMILES string of the molecule is CCCCS(=O)(=O)c1cc2c(Nc3ccc4scnc4c3)ccnc2cc1OC(C)CC. The molecule has 6 nitrogen and oxygen atoms in total. The summed E-state index contributed by atoms with van der Waals surface area (Å²) in [5.41, 5.74) is 5.09. The van der Waals surface area contributed by atoms with E-state index < -0.39 is 9.84 Å². The molecule has 2 aromatic carbocycles. The van der Waals surface area contributed by atoms with E-state index in [1.54, 1.807) is 29.7 Å². The van der Waals surface area contributed by atoms with E-state index in [0.717, 1.165) is 39.8 Å². The van der Waals surface area contributed by atoms with Crippen LogP contribution in [0.25, 0.3) is 21.1 Å². The van der Waals surface area contributed by atoms with E-state index in [1.807, 2.05) is 50.5 Å². The molecule has 1 unspecified atom stereocenters. The number of hydrogen-bond donors (Lipinski definition) is 1. The van der Waals surface area contributed by atoms with Crippen LogP contribution in [-0.2, 0) is 9.84 Å². The second-order valence-electron chi connectivity index (χ2n) is 7.84. The number of ether oxygens (including phenoxy) is 1. The summed E-state index contributed by atoms with van der Waals surface area (Å²) in [6, 6.07) is 11.3. The molecule has 0 saturated heterocycles. The summed E-state index contributed by atoms with van der Waals surface area (Å²) in [5, 5.41) is 4.14. The highest BCUT2D eigenvalue weighted by atomic mass is 32.2. The van der Waals surface area contributed by atoms with E-state index in [-0.39, 0.29) is 16.8 Å². The number of thiazole rings is 1. The van der Waals surface area contributed by atoms with Crippen molar-refractivity contribution in [3.63, 3.8) is 0 Å². The van der Waals surface area contributed by atoms with Gasteiger partial charge in [0.2, 0.25) is 0 Å². The van der Waals surface area contributed by atoms with Crippen molar-refractivity contribution in [1.29, 1.82) is 0 Å². The van der Waals surface area contributed by atoms with E-state index in [0.29, 0.717) is 17.7 Å². The molecule has 168 valence electrons. The molecule has 0 radical (unpaired) electrons. The van der Waals surface area contributed by atoms with Crippen molar-refractivity contribution in [3.8, 4) is 5.75 Å². The van der Waals surface area contributed by atoms with Crippen molar-refractivity contribution in [1.82, 2.24) is 9.97 Å². The first kappa shape index (κ1) is 22.5. The van der Waals surface area contributed by atoms with Crippen molar-refractivity contribution in [2.24, 2.45) is 0 Å². The minimum atomic E-state index is -3.50. The van der Waals surface area contributed by atoms with Gasteiger partial charge in [0.05, 0.1) is 33.1 Å². The van der Waals surface area contributed by atoms with Gasteiger partial charge < -0.3 is 10.1 Å². The van der Waals surface area contributed by atoms with E-state index in [2.05, 4.69) is 15.3 Å². The maximum Gasteiger partial charge on any atom is 0.182 e. The fourth-order valence-corrected chi connectivity index (χ4v) is 5.69. The second-order valence-corrected chi connectivity index (χ2v) is 10.8. The molecule has 1 atom stereocenters. The molecule has 8 heteroatoms. The minimum Gasteiger partial charge on any atom is -0.489 e. The number of unbranched alkanes of at least 4 members (excludes halogenated alkanes) is 1. The summed E-state index contributed by atoms with van der Waals surface area (Å²) in [6.45, 7) is 5.93. The average Bonchev–Trinajstić information content (AvgIpc) is 3.25. The van der Waals surface area contributed by atoms with Gasteiger partial charge in [0.1, 0.15) is 10.6 Å². The first-order valence-corrected chi connectivity index (χ1v) is 13.4. The molecule has 4 rings (SSSR count). The van der Waals surface area contributed by atoms with Gasteiger partial charge in [-0.2, -0.15) is 0 Å². The molecule has 2 heterocycles. The molecule has 0 bridgehead atoms. The number of benzene rings is 2. The Morgan fingerprint density at radius 1 is 1.09 bits per heavy atom. The Morgan fingerprint density at radius 3 is 2.72 bits per heavy atom. The summed E-state index contributed by atoms with van der Waals surface area (Å²) in [6.07, 6.45) is 3.81. The van der Waals surface area contributed by atoms with Gasteiger partial charge in [-0.25, -0.2) is 13.4 Å². The zero-order valence-corrected chi connectivity index (χ0v) is 20.1.